The Morgan fingerprint density at radius 1 is 0.963 bits per heavy atom. The van der Waals surface area contributed by atoms with E-state index < -0.39 is 11.8 Å². The lowest BCUT2D eigenvalue weighted by Gasteiger charge is -2.13. The molecule has 0 spiro atoms. The molecular weight excluding hydrogens is 344 g/mol. The standard InChI is InChI=1S/C21H18N2O4/c1-26-19-12-6-5-11-17(19)22-21(25)18(14-16-10-7-13-27-16)23-20(24)15-8-3-2-4-9-15/h2-14H,1H3,(H,22,25)(H,23,24)/b18-14-. The smallest absolute Gasteiger partial charge is 0.272 e. The van der Waals surface area contributed by atoms with Gasteiger partial charge in [0.15, 0.2) is 0 Å². The molecule has 0 atom stereocenters. The number of furan rings is 1. The first-order valence-electron chi connectivity index (χ1n) is 8.23. The Morgan fingerprint density at radius 2 is 1.70 bits per heavy atom. The molecule has 0 saturated heterocycles. The van der Waals surface area contributed by atoms with E-state index in [4.69, 9.17) is 9.15 Å². The average Bonchev–Trinajstić information content (AvgIpc) is 3.21. The molecule has 0 aliphatic carbocycles. The van der Waals surface area contributed by atoms with Crippen molar-refractivity contribution in [2.24, 2.45) is 0 Å². The number of hydrogen-bond acceptors (Lipinski definition) is 4. The van der Waals surface area contributed by atoms with Gasteiger partial charge in [0.1, 0.15) is 17.2 Å². The largest absolute Gasteiger partial charge is 0.495 e. The van der Waals surface area contributed by atoms with Crippen LogP contribution in [0.25, 0.3) is 6.08 Å². The van der Waals surface area contributed by atoms with Crippen LogP contribution in [0.3, 0.4) is 0 Å². The van der Waals surface area contributed by atoms with Crippen molar-refractivity contribution in [2.75, 3.05) is 12.4 Å². The van der Waals surface area contributed by atoms with E-state index in [0.717, 1.165) is 0 Å². The Labute approximate surface area is 156 Å². The van der Waals surface area contributed by atoms with Crippen LogP contribution in [0.4, 0.5) is 5.69 Å². The Morgan fingerprint density at radius 3 is 2.41 bits per heavy atom. The molecule has 0 fully saturated rings. The molecule has 0 aliphatic rings. The van der Waals surface area contributed by atoms with Gasteiger partial charge in [-0.05, 0) is 36.4 Å². The van der Waals surface area contributed by atoms with Crippen molar-refractivity contribution >= 4 is 23.6 Å². The zero-order valence-corrected chi connectivity index (χ0v) is 14.6. The molecule has 2 aromatic carbocycles. The Hall–Kier alpha value is -3.80. The SMILES string of the molecule is COc1ccccc1NC(=O)/C(=C/c1ccco1)NC(=O)c1ccccc1. The lowest BCUT2D eigenvalue weighted by molar-refractivity contribution is -0.113. The molecule has 0 saturated carbocycles. The number of para-hydroxylation sites is 2. The second-order valence-electron chi connectivity index (χ2n) is 5.55. The van der Waals surface area contributed by atoms with E-state index in [0.29, 0.717) is 22.8 Å². The number of amides is 2. The molecule has 27 heavy (non-hydrogen) atoms. The fourth-order valence-corrected chi connectivity index (χ4v) is 2.40. The Bertz CT molecular complexity index is 947. The number of anilines is 1. The highest BCUT2D eigenvalue weighted by atomic mass is 16.5. The van der Waals surface area contributed by atoms with Crippen molar-refractivity contribution in [1.82, 2.24) is 5.32 Å². The van der Waals surface area contributed by atoms with Gasteiger partial charge in [0, 0.05) is 11.6 Å². The number of methoxy groups -OCH3 is 1. The summed E-state index contributed by atoms with van der Waals surface area (Å²) in [6.07, 6.45) is 2.95. The van der Waals surface area contributed by atoms with Crippen LogP contribution in [0.5, 0.6) is 5.75 Å². The van der Waals surface area contributed by atoms with E-state index in [2.05, 4.69) is 10.6 Å². The van der Waals surface area contributed by atoms with E-state index >= 15 is 0 Å². The molecule has 6 heteroatoms. The molecule has 2 N–H and O–H groups in total. The van der Waals surface area contributed by atoms with Crippen LogP contribution in [-0.4, -0.2) is 18.9 Å². The minimum absolute atomic E-state index is 0.0460. The van der Waals surface area contributed by atoms with Crippen LogP contribution in [0, 0.1) is 0 Å². The maximum absolute atomic E-state index is 12.8. The lowest BCUT2D eigenvalue weighted by Crippen LogP contribution is -2.30. The van der Waals surface area contributed by atoms with Crippen LogP contribution in [0.2, 0.25) is 0 Å². The van der Waals surface area contributed by atoms with Gasteiger partial charge >= 0.3 is 0 Å². The van der Waals surface area contributed by atoms with E-state index in [1.165, 1.54) is 19.4 Å². The Kier molecular flexibility index (Phi) is 5.69. The van der Waals surface area contributed by atoms with E-state index in [1.807, 2.05) is 6.07 Å². The summed E-state index contributed by atoms with van der Waals surface area (Å²) in [5.74, 6) is 0.0508. The zero-order chi connectivity index (χ0) is 19.1. The van der Waals surface area contributed by atoms with Gasteiger partial charge in [0.25, 0.3) is 11.8 Å². The van der Waals surface area contributed by atoms with E-state index in [9.17, 15) is 9.59 Å². The molecule has 3 aromatic rings. The summed E-state index contributed by atoms with van der Waals surface area (Å²) in [5.41, 5.74) is 0.974. The number of carbonyl (C=O) groups is 2. The van der Waals surface area contributed by atoms with Crippen molar-refractivity contribution < 1.29 is 18.7 Å². The zero-order valence-electron chi connectivity index (χ0n) is 14.6. The van der Waals surface area contributed by atoms with Crippen LogP contribution in [0.1, 0.15) is 16.1 Å². The summed E-state index contributed by atoms with van der Waals surface area (Å²) < 4.78 is 10.5. The molecule has 136 valence electrons. The molecule has 0 bridgehead atoms. The van der Waals surface area contributed by atoms with Gasteiger partial charge in [-0.1, -0.05) is 30.3 Å². The summed E-state index contributed by atoms with van der Waals surface area (Å²) in [5, 5.41) is 5.38. The second kappa shape index (κ2) is 8.53. The molecule has 1 aromatic heterocycles. The van der Waals surface area contributed by atoms with Gasteiger partial charge in [-0.2, -0.15) is 0 Å². The molecule has 0 aliphatic heterocycles. The summed E-state index contributed by atoms with van der Waals surface area (Å²) in [6, 6.07) is 19.0. The molecular formula is C21H18N2O4. The number of benzene rings is 2. The fraction of sp³-hybridized carbons (Fsp3) is 0.0476. The first kappa shape index (κ1) is 18.0. The third-order valence-electron chi connectivity index (χ3n) is 3.71. The first-order valence-corrected chi connectivity index (χ1v) is 8.23. The lowest BCUT2D eigenvalue weighted by atomic mass is 10.2. The van der Waals surface area contributed by atoms with Crippen molar-refractivity contribution in [3.8, 4) is 5.75 Å². The van der Waals surface area contributed by atoms with E-state index in [-0.39, 0.29) is 5.70 Å². The van der Waals surface area contributed by atoms with E-state index in [1.54, 1.807) is 60.7 Å². The molecule has 1 heterocycles. The second-order valence-corrected chi connectivity index (χ2v) is 5.55. The first-order chi connectivity index (χ1) is 13.2. The third-order valence-corrected chi connectivity index (χ3v) is 3.71. The maximum atomic E-state index is 12.8. The molecule has 6 nitrogen and oxygen atoms in total. The third kappa shape index (κ3) is 4.64. The van der Waals surface area contributed by atoms with Crippen molar-refractivity contribution in [2.45, 2.75) is 0 Å². The minimum Gasteiger partial charge on any atom is -0.495 e. The van der Waals surface area contributed by atoms with Gasteiger partial charge in [0.2, 0.25) is 0 Å². The summed E-state index contributed by atoms with van der Waals surface area (Å²) in [4.78, 5) is 25.3. The van der Waals surface area contributed by atoms with Gasteiger partial charge in [0.05, 0.1) is 19.1 Å². The van der Waals surface area contributed by atoms with Crippen molar-refractivity contribution in [1.29, 1.82) is 0 Å². The number of carbonyl (C=O) groups excluding carboxylic acids is 2. The van der Waals surface area contributed by atoms with Crippen molar-refractivity contribution in [3.05, 3.63) is 90.0 Å². The van der Waals surface area contributed by atoms with Gasteiger partial charge in [-0.25, -0.2) is 0 Å². The summed E-state index contributed by atoms with van der Waals surface area (Å²) in [6.45, 7) is 0. The summed E-state index contributed by atoms with van der Waals surface area (Å²) in [7, 11) is 1.52. The highest BCUT2D eigenvalue weighted by Gasteiger charge is 2.16. The minimum atomic E-state index is -0.500. The molecule has 0 unspecified atom stereocenters. The maximum Gasteiger partial charge on any atom is 0.272 e. The monoisotopic (exact) mass is 362 g/mol. The van der Waals surface area contributed by atoms with Crippen LogP contribution >= 0.6 is 0 Å². The number of rotatable bonds is 6. The molecule has 0 radical (unpaired) electrons. The summed E-state index contributed by atoms with van der Waals surface area (Å²) >= 11 is 0. The highest BCUT2D eigenvalue weighted by Crippen LogP contribution is 2.23. The van der Waals surface area contributed by atoms with Crippen LogP contribution in [-0.2, 0) is 4.79 Å². The number of hydrogen-bond donors (Lipinski definition) is 2. The van der Waals surface area contributed by atoms with Gasteiger partial charge in [-0.3, -0.25) is 9.59 Å². The quantitative estimate of drug-likeness (QED) is 0.655. The predicted octanol–water partition coefficient (Wildman–Crippen LogP) is 3.70. The predicted molar refractivity (Wildman–Crippen MR) is 102 cm³/mol. The number of ether oxygens (including phenoxy) is 1. The highest BCUT2D eigenvalue weighted by molar-refractivity contribution is 6.10. The van der Waals surface area contributed by atoms with Gasteiger partial charge in [-0.15, -0.1) is 0 Å². The fourth-order valence-electron chi connectivity index (χ4n) is 2.40. The molecule has 2 amide bonds. The van der Waals surface area contributed by atoms with Crippen LogP contribution in [0.15, 0.2) is 83.1 Å². The average molecular weight is 362 g/mol. The van der Waals surface area contributed by atoms with Crippen molar-refractivity contribution in [3.63, 3.8) is 0 Å². The molecule has 3 rings (SSSR count). The van der Waals surface area contributed by atoms with Crippen LogP contribution < -0.4 is 15.4 Å². The number of nitrogens with one attached hydrogen (secondary N) is 2. The van der Waals surface area contributed by atoms with Gasteiger partial charge < -0.3 is 19.8 Å². The normalized spacial score (nSPS) is 10.9. The topological polar surface area (TPSA) is 80.6 Å². The Balaban J connectivity index is 1.86.